The van der Waals surface area contributed by atoms with Gasteiger partial charge in [0.25, 0.3) is 0 Å². The molecule has 7 heteroatoms. The average molecular weight is 250 g/mol. The molecule has 1 aliphatic rings. The van der Waals surface area contributed by atoms with E-state index in [1.54, 1.807) is 11.7 Å². The van der Waals surface area contributed by atoms with Gasteiger partial charge in [0.05, 0.1) is 5.69 Å². The summed E-state index contributed by atoms with van der Waals surface area (Å²) < 4.78 is 23.6. The van der Waals surface area contributed by atoms with Gasteiger partial charge in [0.15, 0.2) is 0 Å². The van der Waals surface area contributed by atoms with E-state index in [9.17, 15) is 8.42 Å². The predicted octanol–water partition coefficient (Wildman–Crippen LogP) is 1.15. The molecule has 0 unspecified atom stereocenters. The van der Waals surface area contributed by atoms with E-state index in [2.05, 4.69) is 10.3 Å². The molecule has 0 N–H and O–H groups in total. The third kappa shape index (κ3) is 2.31. The van der Waals surface area contributed by atoms with E-state index >= 15 is 0 Å². The molecule has 5 nitrogen and oxygen atoms in total. The maximum atomic E-state index is 11.0. The molecule has 15 heavy (non-hydrogen) atoms. The Morgan fingerprint density at radius 3 is 2.67 bits per heavy atom. The standard InChI is InChI=1S/C8H12ClN3O2S/c1-12-8(6-3-2-4-6)7(10-11-12)5-15(9,13)14/h6H,2-5H2,1H3. The Kier molecular flexibility index (Phi) is 2.72. The third-order valence-corrected chi connectivity index (χ3v) is 3.69. The Hall–Kier alpha value is -0.620. The Bertz CT molecular complexity index is 464. The molecule has 0 saturated heterocycles. The zero-order chi connectivity index (χ0) is 11.1. The van der Waals surface area contributed by atoms with E-state index in [1.807, 2.05) is 0 Å². The van der Waals surface area contributed by atoms with Crippen molar-refractivity contribution in [1.29, 1.82) is 0 Å². The smallest absolute Gasteiger partial charge is 0.238 e. The molecular formula is C8H12ClN3O2S. The van der Waals surface area contributed by atoms with Crippen molar-refractivity contribution < 1.29 is 8.42 Å². The first-order valence-electron chi connectivity index (χ1n) is 4.78. The van der Waals surface area contributed by atoms with Gasteiger partial charge < -0.3 is 0 Å². The summed E-state index contributed by atoms with van der Waals surface area (Å²) in [6, 6.07) is 0. The van der Waals surface area contributed by atoms with Gasteiger partial charge in [0, 0.05) is 23.6 Å². The molecule has 0 aromatic carbocycles. The summed E-state index contributed by atoms with van der Waals surface area (Å²) in [5.41, 5.74) is 1.42. The lowest BCUT2D eigenvalue weighted by Gasteiger charge is -2.25. The summed E-state index contributed by atoms with van der Waals surface area (Å²) in [6.45, 7) is 0. The van der Waals surface area contributed by atoms with Crippen LogP contribution in [0.4, 0.5) is 0 Å². The van der Waals surface area contributed by atoms with Crippen molar-refractivity contribution in [2.45, 2.75) is 30.9 Å². The summed E-state index contributed by atoms with van der Waals surface area (Å²) in [5.74, 6) is 0.173. The molecule has 84 valence electrons. The maximum absolute atomic E-state index is 11.0. The highest BCUT2D eigenvalue weighted by molar-refractivity contribution is 8.13. The van der Waals surface area contributed by atoms with E-state index in [4.69, 9.17) is 10.7 Å². The molecule has 1 heterocycles. The largest absolute Gasteiger partial charge is 0.252 e. The molecule has 0 bridgehead atoms. The minimum absolute atomic E-state index is 0.228. The van der Waals surface area contributed by atoms with Crippen LogP contribution in [0.5, 0.6) is 0 Å². The molecule has 1 aliphatic carbocycles. The van der Waals surface area contributed by atoms with Crippen molar-refractivity contribution in [2.75, 3.05) is 0 Å². The lowest BCUT2D eigenvalue weighted by molar-refractivity contribution is 0.395. The van der Waals surface area contributed by atoms with E-state index in [0.717, 1.165) is 18.5 Å². The predicted molar refractivity (Wildman–Crippen MR) is 56.1 cm³/mol. The highest BCUT2D eigenvalue weighted by atomic mass is 35.7. The van der Waals surface area contributed by atoms with Crippen molar-refractivity contribution in [3.63, 3.8) is 0 Å². The minimum Gasteiger partial charge on any atom is -0.252 e. The van der Waals surface area contributed by atoms with E-state index in [0.29, 0.717) is 11.6 Å². The lowest BCUT2D eigenvalue weighted by atomic mass is 9.82. The van der Waals surface area contributed by atoms with Crippen molar-refractivity contribution in [2.24, 2.45) is 7.05 Å². The molecular weight excluding hydrogens is 238 g/mol. The van der Waals surface area contributed by atoms with Crippen LogP contribution in [0.2, 0.25) is 0 Å². The Balaban J connectivity index is 2.31. The number of hydrogen-bond donors (Lipinski definition) is 0. The summed E-state index contributed by atoms with van der Waals surface area (Å²) in [7, 11) is 3.45. The summed E-state index contributed by atoms with van der Waals surface area (Å²) in [4.78, 5) is 0. The first kappa shape index (κ1) is 10.9. The Labute approximate surface area is 92.8 Å². The Morgan fingerprint density at radius 2 is 2.20 bits per heavy atom. The molecule has 2 rings (SSSR count). The Morgan fingerprint density at radius 1 is 1.53 bits per heavy atom. The number of aryl methyl sites for hydroxylation is 1. The van der Waals surface area contributed by atoms with Crippen LogP contribution >= 0.6 is 10.7 Å². The van der Waals surface area contributed by atoms with Crippen molar-refractivity contribution in [3.8, 4) is 0 Å². The van der Waals surface area contributed by atoms with Crippen molar-refractivity contribution in [1.82, 2.24) is 15.0 Å². The van der Waals surface area contributed by atoms with Gasteiger partial charge in [-0.2, -0.15) is 0 Å². The molecule has 1 aromatic rings. The van der Waals surface area contributed by atoms with Crippen LogP contribution in [0.15, 0.2) is 0 Å². The van der Waals surface area contributed by atoms with Gasteiger partial charge in [0.2, 0.25) is 9.05 Å². The number of aromatic nitrogens is 3. The molecule has 1 fully saturated rings. The van der Waals surface area contributed by atoms with Gasteiger partial charge in [-0.25, -0.2) is 8.42 Å². The van der Waals surface area contributed by atoms with E-state index in [-0.39, 0.29) is 5.75 Å². The van der Waals surface area contributed by atoms with Crippen LogP contribution in [-0.4, -0.2) is 23.4 Å². The van der Waals surface area contributed by atoms with Crippen molar-refractivity contribution in [3.05, 3.63) is 11.4 Å². The zero-order valence-electron chi connectivity index (χ0n) is 8.35. The van der Waals surface area contributed by atoms with E-state index < -0.39 is 9.05 Å². The second-order valence-corrected chi connectivity index (χ2v) is 6.63. The molecule has 1 saturated carbocycles. The fourth-order valence-corrected chi connectivity index (χ4v) is 2.70. The lowest BCUT2D eigenvalue weighted by Crippen LogP contribution is -2.15. The normalized spacial score (nSPS) is 17.7. The molecule has 0 atom stereocenters. The van der Waals surface area contributed by atoms with Gasteiger partial charge in [-0.15, -0.1) is 5.10 Å². The van der Waals surface area contributed by atoms with Crippen LogP contribution in [-0.2, 0) is 21.9 Å². The van der Waals surface area contributed by atoms with Gasteiger partial charge in [-0.1, -0.05) is 11.6 Å². The first-order valence-corrected chi connectivity index (χ1v) is 7.26. The number of rotatable bonds is 3. The topological polar surface area (TPSA) is 64.8 Å². The SMILES string of the molecule is Cn1nnc(CS(=O)(=O)Cl)c1C1CCC1. The zero-order valence-corrected chi connectivity index (χ0v) is 9.92. The van der Waals surface area contributed by atoms with E-state index in [1.165, 1.54) is 6.42 Å². The van der Waals surface area contributed by atoms with Gasteiger partial charge in [-0.05, 0) is 12.8 Å². The molecule has 1 aromatic heterocycles. The monoisotopic (exact) mass is 249 g/mol. The number of halogens is 1. The van der Waals surface area contributed by atoms with Crippen LogP contribution in [0.25, 0.3) is 0 Å². The fraction of sp³-hybridized carbons (Fsp3) is 0.750. The quantitative estimate of drug-likeness (QED) is 0.754. The third-order valence-electron chi connectivity index (χ3n) is 2.74. The summed E-state index contributed by atoms with van der Waals surface area (Å²) in [5, 5.41) is 7.70. The highest BCUT2D eigenvalue weighted by Gasteiger charge is 2.28. The summed E-state index contributed by atoms with van der Waals surface area (Å²) in [6.07, 6.45) is 3.34. The minimum atomic E-state index is -3.55. The van der Waals surface area contributed by atoms with Gasteiger partial charge in [0.1, 0.15) is 11.4 Å². The van der Waals surface area contributed by atoms with Crippen LogP contribution < -0.4 is 0 Å². The summed E-state index contributed by atoms with van der Waals surface area (Å²) >= 11 is 0. The van der Waals surface area contributed by atoms with Crippen LogP contribution in [0.3, 0.4) is 0 Å². The van der Waals surface area contributed by atoms with Crippen LogP contribution in [0, 0.1) is 0 Å². The second-order valence-electron chi connectivity index (χ2n) is 3.86. The molecule has 0 amide bonds. The molecule has 0 aliphatic heterocycles. The number of nitrogens with zero attached hydrogens (tertiary/aromatic N) is 3. The average Bonchev–Trinajstić information content (AvgIpc) is 2.29. The number of hydrogen-bond acceptors (Lipinski definition) is 4. The van der Waals surface area contributed by atoms with Crippen molar-refractivity contribution >= 4 is 19.7 Å². The fourth-order valence-electron chi connectivity index (χ4n) is 1.85. The second kappa shape index (κ2) is 3.75. The maximum Gasteiger partial charge on any atom is 0.238 e. The highest BCUT2D eigenvalue weighted by Crippen LogP contribution is 2.37. The first-order chi connectivity index (χ1) is 6.97. The molecule has 0 spiro atoms. The van der Waals surface area contributed by atoms with Gasteiger partial charge >= 0.3 is 0 Å². The van der Waals surface area contributed by atoms with Gasteiger partial charge in [-0.3, -0.25) is 4.68 Å². The molecule has 0 radical (unpaired) electrons. The van der Waals surface area contributed by atoms with Crippen LogP contribution in [0.1, 0.15) is 36.6 Å².